The van der Waals surface area contributed by atoms with Crippen LogP contribution in [-0.4, -0.2) is 28.6 Å². The van der Waals surface area contributed by atoms with Gasteiger partial charge in [0, 0.05) is 18.6 Å². The molecule has 0 amide bonds. The van der Waals surface area contributed by atoms with Crippen LogP contribution < -0.4 is 10.1 Å². The Morgan fingerprint density at radius 2 is 2.16 bits per heavy atom. The molecule has 0 radical (unpaired) electrons. The number of methoxy groups -OCH3 is 1. The van der Waals surface area contributed by atoms with Gasteiger partial charge in [0.1, 0.15) is 11.4 Å². The Bertz CT molecular complexity index is 504. The minimum Gasteiger partial charge on any atom is -0.495 e. The van der Waals surface area contributed by atoms with E-state index in [0.717, 1.165) is 30.1 Å². The molecule has 5 heteroatoms. The number of aromatic nitrogens is 3. The Kier molecular flexibility index (Phi) is 4.80. The predicted octanol–water partition coefficient (Wildman–Crippen LogP) is 1.97. The molecule has 19 heavy (non-hydrogen) atoms. The van der Waals surface area contributed by atoms with Gasteiger partial charge in [-0.05, 0) is 25.1 Å². The SMILES string of the molecule is CCCNC(c1cnccn1)c1ncccc1OC. The Labute approximate surface area is 113 Å². The fraction of sp³-hybridized carbons (Fsp3) is 0.357. The molecule has 100 valence electrons. The molecule has 2 rings (SSSR count). The number of hydrogen-bond acceptors (Lipinski definition) is 5. The van der Waals surface area contributed by atoms with E-state index in [1.54, 1.807) is 31.9 Å². The van der Waals surface area contributed by atoms with E-state index in [2.05, 4.69) is 27.2 Å². The molecular formula is C14H18N4O. The fourth-order valence-electron chi connectivity index (χ4n) is 1.88. The maximum Gasteiger partial charge on any atom is 0.142 e. The van der Waals surface area contributed by atoms with Gasteiger partial charge in [0.25, 0.3) is 0 Å². The number of hydrogen-bond donors (Lipinski definition) is 1. The van der Waals surface area contributed by atoms with E-state index < -0.39 is 0 Å². The van der Waals surface area contributed by atoms with Crippen molar-refractivity contribution in [2.75, 3.05) is 13.7 Å². The lowest BCUT2D eigenvalue weighted by molar-refractivity contribution is 0.399. The summed E-state index contributed by atoms with van der Waals surface area (Å²) in [5, 5.41) is 3.43. The van der Waals surface area contributed by atoms with Gasteiger partial charge >= 0.3 is 0 Å². The molecule has 0 aliphatic heterocycles. The highest BCUT2D eigenvalue weighted by molar-refractivity contribution is 5.33. The molecule has 1 unspecified atom stereocenters. The van der Waals surface area contributed by atoms with Crippen molar-refractivity contribution in [3.8, 4) is 5.75 Å². The Morgan fingerprint density at radius 1 is 1.26 bits per heavy atom. The number of ether oxygens (including phenoxy) is 1. The van der Waals surface area contributed by atoms with E-state index in [9.17, 15) is 0 Å². The molecule has 0 aromatic carbocycles. The summed E-state index contributed by atoms with van der Waals surface area (Å²) in [7, 11) is 1.65. The highest BCUT2D eigenvalue weighted by atomic mass is 16.5. The van der Waals surface area contributed by atoms with Gasteiger partial charge in [0.15, 0.2) is 0 Å². The molecule has 0 aliphatic rings. The maximum atomic E-state index is 5.38. The summed E-state index contributed by atoms with van der Waals surface area (Å²) >= 11 is 0. The molecule has 0 fully saturated rings. The molecule has 2 aromatic rings. The third kappa shape index (κ3) is 3.26. The normalized spacial score (nSPS) is 12.1. The number of rotatable bonds is 6. The zero-order valence-electron chi connectivity index (χ0n) is 11.2. The first-order chi connectivity index (χ1) is 9.36. The molecule has 0 spiro atoms. The van der Waals surface area contributed by atoms with Crippen LogP contribution in [0.3, 0.4) is 0 Å². The molecule has 2 aromatic heterocycles. The zero-order valence-corrected chi connectivity index (χ0v) is 11.2. The lowest BCUT2D eigenvalue weighted by Crippen LogP contribution is -2.25. The zero-order chi connectivity index (χ0) is 13.5. The van der Waals surface area contributed by atoms with E-state index >= 15 is 0 Å². The molecular weight excluding hydrogens is 240 g/mol. The summed E-state index contributed by atoms with van der Waals surface area (Å²) in [5.41, 5.74) is 1.67. The third-order valence-electron chi connectivity index (χ3n) is 2.77. The van der Waals surface area contributed by atoms with Crippen LogP contribution >= 0.6 is 0 Å². The minimum atomic E-state index is -0.107. The van der Waals surface area contributed by atoms with Crippen LogP contribution in [0.15, 0.2) is 36.9 Å². The second-order valence-corrected chi connectivity index (χ2v) is 4.11. The molecule has 0 bridgehead atoms. The Balaban J connectivity index is 2.37. The van der Waals surface area contributed by atoms with Crippen molar-refractivity contribution in [3.63, 3.8) is 0 Å². The first-order valence-electron chi connectivity index (χ1n) is 6.35. The number of nitrogens with one attached hydrogen (secondary N) is 1. The van der Waals surface area contributed by atoms with Gasteiger partial charge in [-0.1, -0.05) is 6.92 Å². The van der Waals surface area contributed by atoms with Crippen LogP contribution in [-0.2, 0) is 0 Å². The standard InChI is InChI=1S/C14H18N4O/c1-3-6-17-13(11-10-15-8-9-16-11)14-12(19-2)5-4-7-18-14/h4-5,7-10,13,17H,3,6H2,1-2H3. The van der Waals surface area contributed by atoms with Crippen LogP contribution in [0.5, 0.6) is 5.75 Å². The van der Waals surface area contributed by atoms with Crippen molar-refractivity contribution in [2.45, 2.75) is 19.4 Å². The van der Waals surface area contributed by atoms with E-state index in [0.29, 0.717) is 0 Å². The summed E-state index contributed by atoms with van der Waals surface area (Å²) in [6, 6.07) is 3.65. The van der Waals surface area contributed by atoms with Crippen molar-refractivity contribution in [1.82, 2.24) is 20.3 Å². The summed E-state index contributed by atoms with van der Waals surface area (Å²) in [6.45, 7) is 3.00. The first kappa shape index (κ1) is 13.4. The van der Waals surface area contributed by atoms with Crippen LogP contribution in [0.2, 0.25) is 0 Å². The average molecular weight is 258 g/mol. The highest BCUT2D eigenvalue weighted by Gasteiger charge is 2.20. The van der Waals surface area contributed by atoms with Crippen molar-refractivity contribution in [3.05, 3.63) is 48.3 Å². The molecule has 0 saturated heterocycles. The summed E-state index contributed by atoms with van der Waals surface area (Å²) < 4.78 is 5.38. The van der Waals surface area contributed by atoms with Crippen LogP contribution in [0.4, 0.5) is 0 Å². The van der Waals surface area contributed by atoms with Crippen LogP contribution in [0.1, 0.15) is 30.8 Å². The number of nitrogens with zero attached hydrogens (tertiary/aromatic N) is 3. The maximum absolute atomic E-state index is 5.38. The average Bonchev–Trinajstić information content (AvgIpc) is 2.49. The second-order valence-electron chi connectivity index (χ2n) is 4.11. The third-order valence-corrected chi connectivity index (χ3v) is 2.77. The van der Waals surface area contributed by atoms with E-state index in [-0.39, 0.29) is 6.04 Å². The highest BCUT2D eigenvalue weighted by Crippen LogP contribution is 2.26. The quantitative estimate of drug-likeness (QED) is 0.858. The predicted molar refractivity (Wildman–Crippen MR) is 73.0 cm³/mol. The van der Waals surface area contributed by atoms with E-state index in [1.807, 2.05) is 12.1 Å². The lowest BCUT2D eigenvalue weighted by atomic mass is 10.1. The molecule has 0 saturated carbocycles. The number of pyridine rings is 1. The van der Waals surface area contributed by atoms with Crippen molar-refractivity contribution in [2.24, 2.45) is 0 Å². The van der Waals surface area contributed by atoms with E-state index in [1.165, 1.54) is 0 Å². The Morgan fingerprint density at radius 3 is 2.84 bits per heavy atom. The van der Waals surface area contributed by atoms with Gasteiger partial charge < -0.3 is 10.1 Å². The topological polar surface area (TPSA) is 59.9 Å². The minimum absolute atomic E-state index is 0.107. The second kappa shape index (κ2) is 6.80. The first-order valence-corrected chi connectivity index (χ1v) is 6.35. The Hall–Kier alpha value is -2.01. The smallest absolute Gasteiger partial charge is 0.142 e. The van der Waals surface area contributed by atoms with Gasteiger partial charge in [-0.3, -0.25) is 15.0 Å². The molecule has 0 aliphatic carbocycles. The van der Waals surface area contributed by atoms with Crippen molar-refractivity contribution < 1.29 is 4.74 Å². The largest absolute Gasteiger partial charge is 0.495 e. The molecule has 1 N–H and O–H groups in total. The molecule has 1 atom stereocenters. The van der Waals surface area contributed by atoms with Gasteiger partial charge in [0.2, 0.25) is 0 Å². The van der Waals surface area contributed by atoms with E-state index in [4.69, 9.17) is 4.74 Å². The van der Waals surface area contributed by atoms with Gasteiger partial charge in [-0.15, -0.1) is 0 Å². The molecule has 2 heterocycles. The van der Waals surface area contributed by atoms with Gasteiger partial charge in [-0.2, -0.15) is 0 Å². The van der Waals surface area contributed by atoms with Gasteiger partial charge in [0.05, 0.1) is 25.0 Å². The molecule has 5 nitrogen and oxygen atoms in total. The van der Waals surface area contributed by atoms with Crippen LogP contribution in [0, 0.1) is 0 Å². The van der Waals surface area contributed by atoms with Crippen molar-refractivity contribution >= 4 is 0 Å². The van der Waals surface area contributed by atoms with Crippen molar-refractivity contribution in [1.29, 1.82) is 0 Å². The summed E-state index contributed by atoms with van der Waals surface area (Å²) in [6.07, 6.45) is 7.89. The fourth-order valence-corrected chi connectivity index (χ4v) is 1.88. The summed E-state index contributed by atoms with van der Waals surface area (Å²) in [5.74, 6) is 0.752. The lowest BCUT2D eigenvalue weighted by Gasteiger charge is -2.19. The van der Waals surface area contributed by atoms with Crippen LogP contribution in [0.25, 0.3) is 0 Å². The monoisotopic (exact) mass is 258 g/mol. The van der Waals surface area contributed by atoms with Gasteiger partial charge in [-0.25, -0.2) is 0 Å². The summed E-state index contributed by atoms with van der Waals surface area (Å²) in [4.78, 5) is 12.9.